The average molecular weight is 297 g/mol. The van der Waals surface area contributed by atoms with Gasteiger partial charge in [0.2, 0.25) is 5.91 Å². The standard InChI is InChI=1S/C17H31NO3/c1-17(2,3)12-14(11-16(20)21)18-15(19)10-9-13-7-5-4-6-8-13/h13-14H,4-12H2,1-3H3,(H,18,19)(H,20,21). The molecule has 0 aromatic carbocycles. The van der Waals surface area contributed by atoms with Crippen LogP contribution in [0, 0.1) is 11.3 Å². The summed E-state index contributed by atoms with van der Waals surface area (Å²) in [5.41, 5.74) is 0.0107. The topological polar surface area (TPSA) is 66.4 Å². The lowest BCUT2D eigenvalue weighted by Crippen LogP contribution is -2.39. The quantitative estimate of drug-likeness (QED) is 0.752. The van der Waals surface area contributed by atoms with Crippen LogP contribution < -0.4 is 5.32 Å². The van der Waals surface area contributed by atoms with Crippen LogP contribution in [0.5, 0.6) is 0 Å². The summed E-state index contributed by atoms with van der Waals surface area (Å²) in [6.45, 7) is 6.20. The molecule has 1 saturated carbocycles. The molecule has 1 atom stereocenters. The third-order valence-corrected chi connectivity index (χ3v) is 4.15. The number of carbonyl (C=O) groups excluding carboxylic acids is 1. The van der Waals surface area contributed by atoms with Gasteiger partial charge in [-0.1, -0.05) is 52.9 Å². The number of carbonyl (C=O) groups is 2. The van der Waals surface area contributed by atoms with Crippen molar-refractivity contribution in [2.75, 3.05) is 0 Å². The predicted molar refractivity (Wildman–Crippen MR) is 84.1 cm³/mol. The number of aliphatic carboxylic acids is 1. The molecule has 21 heavy (non-hydrogen) atoms. The Morgan fingerprint density at radius 1 is 1.19 bits per heavy atom. The van der Waals surface area contributed by atoms with Gasteiger partial charge in [-0.3, -0.25) is 9.59 Å². The van der Waals surface area contributed by atoms with Crippen molar-refractivity contribution < 1.29 is 14.7 Å². The molecule has 1 aliphatic rings. The Labute approximate surface area is 128 Å². The number of hydrogen-bond acceptors (Lipinski definition) is 2. The zero-order chi connectivity index (χ0) is 15.9. The van der Waals surface area contributed by atoms with E-state index in [9.17, 15) is 9.59 Å². The fraction of sp³-hybridized carbons (Fsp3) is 0.882. The van der Waals surface area contributed by atoms with Crippen LogP contribution in [-0.2, 0) is 9.59 Å². The van der Waals surface area contributed by atoms with Crippen LogP contribution in [0.25, 0.3) is 0 Å². The summed E-state index contributed by atoms with van der Waals surface area (Å²) in [7, 11) is 0. The lowest BCUT2D eigenvalue weighted by molar-refractivity contribution is -0.137. The number of carboxylic acid groups (broad SMARTS) is 1. The van der Waals surface area contributed by atoms with Crippen LogP contribution in [0.1, 0.15) is 78.6 Å². The average Bonchev–Trinajstić information content (AvgIpc) is 2.34. The van der Waals surface area contributed by atoms with Gasteiger partial charge in [-0.15, -0.1) is 0 Å². The van der Waals surface area contributed by atoms with E-state index in [2.05, 4.69) is 26.1 Å². The van der Waals surface area contributed by atoms with Crippen molar-refractivity contribution in [2.45, 2.75) is 84.6 Å². The summed E-state index contributed by atoms with van der Waals surface area (Å²) >= 11 is 0. The van der Waals surface area contributed by atoms with E-state index in [1.54, 1.807) is 0 Å². The summed E-state index contributed by atoms with van der Waals surface area (Å²) in [5.74, 6) is -0.155. The fourth-order valence-electron chi connectivity index (χ4n) is 3.24. The molecule has 0 bridgehead atoms. The molecular formula is C17H31NO3. The maximum Gasteiger partial charge on any atom is 0.305 e. The first kappa shape index (κ1) is 18.0. The summed E-state index contributed by atoms with van der Waals surface area (Å²) in [6, 6.07) is -0.263. The second-order valence-corrected chi connectivity index (χ2v) is 7.67. The molecule has 4 heteroatoms. The molecule has 1 unspecified atom stereocenters. The monoisotopic (exact) mass is 297 g/mol. The van der Waals surface area contributed by atoms with Gasteiger partial charge in [-0.05, 0) is 24.2 Å². The van der Waals surface area contributed by atoms with Gasteiger partial charge in [0.25, 0.3) is 0 Å². The molecule has 2 N–H and O–H groups in total. The third kappa shape index (κ3) is 8.74. The van der Waals surface area contributed by atoms with E-state index in [0.717, 1.165) is 6.42 Å². The maximum atomic E-state index is 12.1. The molecule has 0 aliphatic heterocycles. The molecule has 122 valence electrons. The van der Waals surface area contributed by atoms with Gasteiger partial charge >= 0.3 is 5.97 Å². The van der Waals surface area contributed by atoms with Gasteiger partial charge in [0.1, 0.15) is 0 Å². The van der Waals surface area contributed by atoms with Crippen molar-refractivity contribution in [1.29, 1.82) is 0 Å². The van der Waals surface area contributed by atoms with Crippen molar-refractivity contribution in [3.8, 4) is 0 Å². The molecule has 1 fully saturated rings. The minimum atomic E-state index is -0.850. The number of hydrogen-bond donors (Lipinski definition) is 2. The Morgan fingerprint density at radius 3 is 2.33 bits per heavy atom. The van der Waals surface area contributed by atoms with Gasteiger partial charge in [-0.25, -0.2) is 0 Å². The molecular weight excluding hydrogens is 266 g/mol. The lowest BCUT2D eigenvalue weighted by atomic mass is 9.85. The van der Waals surface area contributed by atoms with Crippen molar-refractivity contribution in [3.05, 3.63) is 0 Å². The first-order valence-corrected chi connectivity index (χ1v) is 8.27. The zero-order valence-electron chi connectivity index (χ0n) is 13.8. The second-order valence-electron chi connectivity index (χ2n) is 7.67. The summed E-state index contributed by atoms with van der Waals surface area (Å²) in [5, 5.41) is 11.9. The van der Waals surface area contributed by atoms with Crippen molar-refractivity contribution in [3.63, 3.8) is 0 Å². The molecule has 4 nitrogen and oxygen atoms in total. The van der Waals surface area contributed by atoms with Gasteiger partial charge in [0, 0.05) is 12.5 Å². The number of nitrogens with one attached hydrogen (secondary N) is 1. The summed E-state index contributed by atoms with van der Waals surface area (Å²) in [4.78, 5) is 23.0. The molecule has 0 aromatic rings. The van der Waals surface area contributed by atoms with E-state index in [1.165, 1.54) is 32.1 Å². The minimum Gasteiger partial charge on any atom is -0.481 e. The molecule has 0 aromatic heterocycles. The highest BCUT2D eigenvalue weighted by molar-refractivity contribution is 5.77. The lowest BCUT2D eigenvalue weighted by Gasteiger charge is -2.26. The summed E-state index contributed by atoms with van der Waals surface area (Å²) < 4.78 is 0. The normalized spacial score (nSPS) is 18.2. The molecule has 1 aliphatic carbocycles. The largest absolute Gasteiger partial charge is 0.481 e. The third-order valence-electron chi connectivity index (χ3n) is 4.15. The van der Waals surface area contributed by atoms with Crippen LogP contribution in [0.2, 0.25) is 0 Å². The van der Waals surface area contributed by atoms with Gasteiger partial charge in [-0.2, -0.15) is 0 Å². The van der Waals surface area contributed by atoms with Crippen LogP contribution in [-0.4, -0.2) is 23.0 Å². The highest BCUT2D eigenvalue weighted by Gasteiger charge is 2.23. The van der Waals surface area contributed by atoms with Crippen LogP contribution >= 0.6 is 0 Å². The highest BCUT2D eigenvalue weighted by Crippen LogP contribution is 2.27. The maximum absolute atomic E-state index is 12.1. The molecule has 0 heterocycles. The zero-order valence-corrected chi connectivity index (χ0v) is 13.8. The molecule has 0 saturated heterocycles. The Hall–Kier alpha value is -1.06. The van der Waals surface area contributed by atoms with Crippen molar-refractivity contribution >= 4 is 11.9 Å². The number of carboxylic acids is 1. The van der Waals surface area contributed by atoms with E-state index >= 15 is 0 Å². The molecule has 0 spiro atoms. The van der Waals surface area contributed by atoms with Crippen molar-refractivity contribution in [1.82, 2.24) is 5.32 Å². The first-order valence-electron chi connectivity index (χ1n) is 8.27. The van der Waals surface area contributed by atoms with E-state index in [-0.39, 0.29) is 23.8 Å². The van der Waals surface area contributed by atoms with E-state index < -0.39 is 5.97 Å². The van der Waals surface area contributed by atoms with E-state index in [4.69, 9.17) is 5.11 Å². The SMILES string of the molecule is CC(C)(C)CC(CC(=O)O)NC(=O)CCC1CCCCC1. The van der Waals surface area contributed by atoms with Crippen molar-refractivity contribution in [2.24, 2.45) is 11.3 Å². The number of rotatable bonds is 7. The van der Waals surface area contributed by atoms with Gasteiger partial charge in [0.05, 0.1) is 6.42 Å². The van der Waals surface area contributed by atoms with Gasteiger partial charge in [0.15, 0.2) is 0 Å². The molecule has 1 rings (SSSR count). The Balaban J connectivity index is 2.37. The molecule has 0 radical (unpaired) electrons. The van der Waals surface area contributed by atoms with E-state index in [0.29, 0.717) is 18.8 Å². The second kappa shape index (κ2) is 8.40. The Morgan fingerprint density at radius 2 is 1.81 bits per heavy atom. The van der Waals surface area contributed by atoms with Crippen LogP contribution in [0.4, 0.5) is 0 Å². The summed E-state index contributed by atoms with van der Waals surface area (Å²) in [6.07, 6.45) is 8.57. The van der Waals surface area contributed by atoms with Crippen LogP contribution in [0.15, 0.2) is 0 Å². The Kier molecular flexibility index (Phi) is 7.20. The fourth-order valence-corrected chi connectivity index (χ4v) is 3.24. The minimum absolute atomic E-state index is 0.00639. The van der Waals surface area contributed by atoms with Crippen LogP contribution in [0.3, 0.4) is 0 Å². The predicted octanol–water partition coefficient (Wildman–Crippen LogP) is 3.74. The first-order chi connectivity index (χ1) is 9.76. The smallest absolute Gasteiger partial charge is 0.305 e. The van der Waals surface area contributed by atoms with E-state index in [1.807, 2.05) is 0 Å². The number of amides is 1. The highest BCUT2D eigenvalue weighted by atomic mass is 16.4. The Bertz CT molecular complexity index is 340. The van der Waals surface area contributed by atoms with Gasteiger partial charge < -0.3 is 10.4 Å². The molecule has 1 amide bonds.